The number of rotatable bonds is 4. The van der Waals surface area contributed by atoms with Crippen molar-refractivity contribution in [1.29, 1.82) is 0 Å². The molecule has 1 saturated heterocycles. The van der Waals surface area contributed by atoms with Crippen molar-refractivity contribution in [3.8, 4) is 0 Å². The normalized spacial score (nSPS) is 25.1. The Hall–Kier alpha value is 2.06. The van der Waals surface area contributed by atoms with Crippen molar-refractivity contribution < 1.29 is 5.48 Å². The Labute approximate surface area is 198 Å². The molecule has 2 N–H and O–H groups in total. The van der Waals surface area contributed by atoms with Crippen molar-refractivity contribution in [3.63, 3.8) is 0 Å². The standard InChI is InChI=1S/C20H52Si6.CH3.H2O.Sn/c1-21(2,3)19(22(4,5)6)25(13,14)17-18-26(15,16)20(23(7,8)9)24(10,11)12;;;/h17-18H2,1-16H3;1H3;1H2;. The SMILES string of the molecule is O.[CH3][Sn]1[C]([Si](C)(C)C)([Si](C)(C)C)[Si](C)(C)CC[Si](C)(C)[C]1([Si](C)(C)C)[Si](C)(C)C. The van der Waals surface area contributed by atoms with Gasteiger partial charge in [-0.1, -0.05) is 0 Å². The van der Waals surface area contributed by atoms with Gasteiger partial charge < -0.3 is 5.48 Å². The van der Waals surface area contributed by atoms with E-state index >= 15 is 0 Å². The van der Waals surface area contributed by atoms with Crippen molar-refractivity contribution >= 4 is 68.2 Å². The minimum atomic E-state index is -1.84. The Balaban J connectivity index is 0.00000784. The molecular weight excluding hydrogens is 555 g/mol. The van der Waals surface area contributed by atoms with Crippen LogP contribution in [0.2, 0.25) is 126 Å². The third kappa shape index (κ3) is 4.20. The van der Waals surface area contributed by atoms with Crippen LogP contribution in [0.1, 0.15) is 0 Å². The van der Waals surface area contributed by atoms with Crippen LogP contribution in [0.25, 0.3) is 0 Å². The Morgan fingerprint density at radius 1 is 0.517 bits per heavy atom. The average Bonchev–Trinajstić information content (AvgIpc) is 2.34. The minimum absolute atomic E-state index is 0. The predicted molar refractivity (Wildman–Crippen MR) is 159 cm³/mol. The van der Waals surface area contributed by atoms with E-state index in [0.29, 0.717) is 0 Å². The van der Waals surface area contributed by atoms with Gasteiger partial charge in [-0.25, -0.2) is 0 Å². The molecule has 0 aliphatic carbocycles. The molecule has 1 heterocycles. The van der Waals surface area contributed by atoms with Crippen LogP contribution in [0, 0.1) is 0 Å². The van der Waals surface area contributed by atoms with E-state index in [-0.39, 0.29) is 5.48 Å². The fourth-order valence-electron chi connectivity index (χ4n) is 10.9. The van der Waals surface area contributed by atoms with Gasteiger partial charge in [-0.05, 0) is 0 Å². The molecule has 0 bridgehead atoms. The zero-order valence-electron chi connectivity index (χ0n) is 23.4. The van der Waals surface area contributed by atoms with E-state index in [4.69, 9.17) is 0 Å². The summed E-state index contributed by atoms with van der Waals surface area (Å²) in [6.07, 6.45) is 0. The van der Waals surface area contributed by atoms with Crippen molar-refractivity contribution in [2.24, 2.45) is 0 Å². The van der Waals surface area contributed by atoms with Crippen LogP contribution in [-0.4, -0.2) is 73.7 Å². The molecular formula is C21H57OSi6Sn. The summed E-state index contributed by atoms with van der Waals surface area (Å²) in [6.45, 7) is 45.7. The second-order valence-corrected chi connectivity index (χ2v) is 65.8. The Morgan fingerprint density at radius 3 is 0.828 bits per heavy atom. The van der Waals surface area contributed by atoms with Crippen molar-refractivity contribution in [2.45, 2.75) is 126 Å². The van der Waals surface area contributed by atoms with Gasteiger partial charge in [-0.15, -0.1) is 0 Å². The molecule has 1 nitrogen and oxygen atoms in total. The molecule has 1 fully saturated rings. The molecule has 0 aromatic rings. The summed E-state index contributed by atoms with van der Waals surface area (Å²) in [7, 11) is -7.82. The second kappa shape index (κ2) is 8.37. The molecule has 0 amide bonds. The average molecular weight is 613 g/mol. The topological polar surface area (TPSA) is 31.5 Å². The second-order valence-electron chi connectivity index (χ2n) is 15.4. The zero-order chi connectivity index (χ0) is 23.0. The molecule has 0 aromatic carbocycles. The Morgan fingerprint density at radius 2 is 0.690 bits per heavy atom. The van der Waals surface area contributed by atoms with E-state index in [1.165, 1.54) is 0 Å². The summed E-state index contributed by atoms with van der Waals surface area (Å²) in [6, 6.07) is 3.32. The van der Waals surface area contributed by atoms with Gasteiger partial charge in [0.1, 0.15) is 0 Å². The molecule has 1 aliphatic rings. The van der Waals surface area contributed by atoms with Gasteiger partial charge in [0.05, 0.1) is 0 Å². The monoisotopic (exact) mass is 613 g/mol. The van der Waals surface area contributed by atoms with Crippen molar-refractivity contribution in [2.75, 3.05) is 0 Å². The van der Waals surface area contributed by atoms with E-state index in [1.807, 2.05) is 0 Å². The van der Waals surface area contributed by atoms with Crippen LogP contribution in [0.4, 0.5) is 0 Å². The van der Waals surface area contributed by atoms with E-state index in [0.717, 1.165) is 4.60 Å². The number of hydrogen-bond acceptors (Lipinski definition) is 0. The number of hydrogen-bond donors (Lipinski definition) is 0. The maximum atomic E-state index is 3.06. The third-order valence-corrected chi connectivity index (χ3v) is 111. The van der Waals surface area contributed by atoms with Gasteiger partial charge in [0.2, 0.25) is 0 Å². The molecule has 0 unspecified atom stereocenters. The van der Waals surface area contributed by atoms with Gasteiger partial charge >= 0.3 is 195 Å². The summed E-state index contributed by atoms with van der Waals surface area (Å²) in [5.41, 5.74) is 0. The van der Waals surface area contributed by atoms with Crippen molar-refractivity contribution in [3.05, 3.63) is 0 Å². The maximum absolute atomic E-state index is 3.06. The molecule has 175 valence electrons. The van der Waals surface area contributed by atoms with Gasteiger partial charge in [0, 0.05) is 0 Å². The van der Waals surface area contributed by atoms with E-state index in [1.54, 1.807) is 12.1 Å². The molecule has 1 radical (unpaired) electrons. The molecule has 1 aliphatic heterocycles. The summed E-state index contributed by atoms with van der Waals surface area (Å²) in [5, 5.41) is 0. The first-order valence-corrected chi connectivity index (χ1v) is 37.8. The van der Waals surface area contributed by atoms with E-state index < -0.39 is 68.2 Å². The third-order valence-electron chi connectivity index (χ3n) is 9.03. The van der Waals surface area contributed by atoms with Gasteiger partial charge in [-0.3, -0.25) is 0 Å². The van der Waals surface area contributed by atoms with Crippen molar-refractivity contribution in [1.82, 2.24) is 0 Å². The molecule has 1 rings (SSSR count). The molecule has 0 spiro atoms. The van der Waals surface area contributed by atoms with Gasteiger partial charge in [0.15, 0.2) is 0 Å². The predicted octanol–water partition coefficient (Wildman–Crippen LogP) is 7.79. The van der Waals surface area contributed by atoms with Crippen LogP contribution in [0.3, 0.4) is 0 Å². The van der Waals surface area contributed by atoms with E-state index in [2.05, 4.69) is 110 Å². The first-order valence-electron chi connectivity index (χ1n) is 11.7. The molecule has 0 saturated carbocycles. The molecule has 0 aromatic heterocycles. The van der Waals surface area contributed by atoms with Gasteiger partial charge in [0.25, 0.3) is 0 Å². The summed E-state index contributed by atoms with van der Waals surface area (Å²) < 4.78 is 1.83. The van der Waals surface area contributed by atoms with Crippen LogP contribution >= 0.6 is 0 Å². The quantitative estimate of drug-likeness (QED) is 0.291. The first-order chi connectivity index (χ1) is 11.9. The fraction of sp³-hybridized carbons (Fsp3) is 1.00. The summed E-state index contributed by atoms with van der Waals surface area (Å²) in [5.74, 6) is 0. The fourth-order valence-corrected chi connectivity index (χ4v) is 150. The van der Waals surface area contributed by atoms with E-state index in [9.17, 15) is 0 Å². The summed E-state index contributed by atoms with van der Waals surface area (Å²) in [4.78, 5) is 3.06. The first kappa shape index (κ1) is 31.1. The van der Waals surface area contributed by atoms with Crippen LogP contribution in [0.5, 0.6) is 0 Å². The van der Waals surface area contributed by atoms with Gasteiger partial charge in [-0.2, -0.15) is 0 Å². The summed E-state index contributed by atoms with van der Waals surface area (Å²) >= 11 is -1.84. The Bertz CT molecular complexity index is 510. The van der Waals surface area contributed by atoms with Crippen LogP contribution in [-0.2, 0) is 0 Å². The van der Waals surface area contributed by atoms with Crippen LogP contribution in [0.15, 0.2) is 0 Å². The van der Waals surface area contributed by atoms with Crippen LogP contribution < -0.4 is 0 Å². The molecule has 29 heavy (non-hydrogen) atoms. The zero-order valence-corrected chi connectivity index (χ0v) is 32.3. The Kier molecular flexibility index (Phi) is 8.97. The molecule has 8 heteroatoms. The molecule has 0 atom stereocenters.